The van der Waals surface area contributed by atoms with Gasteiger partial charge in [-0.3, -0.25) is 9.80 Å². The SMILES string of the molecule is CCCCCC=CCC=CCCCCCCCCC(CCCCCCCCC=CCC=CCCCCC)N1CCN(C2CCN(C)CC2)CC1. The lowest BCUT2D eigenvalue weighted by Gasteiger charge is -2.44. The van der Waals surface area contributed by atoms with Crippen molar-refractivity contribution in [2.45, 2.75) is 206 Å². The molecule has 3 heteroatoms. The number of nitrogens with zero attached hydrogens (tertiary/aromatic N) is 3. The number of piperazine rings is 1. The molecule has 0 aromatic carbocycles. The van der Waals surface area contributed by atoms with Gasteiger partial charge in [0.2, 0.25) is 0 Å². The van der Waals surface area contributed by atoms with Crippen LogP contribution in [0.25, 0.3) is 0 Å². The molecule has 290 valence electrons. The Labute approximate surface area is 314 Å². The van der Waals surface area contributed by atoms with E-state index in [1.54, 1.807) is 0 Å². The summed E-state index contributed by atoms with van der Waals surface area (Å²) in [4.78, 5) is 8.29. The van der Waals surface area contributed by atoms with E-state index in [1.807, 2.05) is 0 Å². The number of allylic oxidation sites excluding steroid dienone is 8. The maximum absolute atomic E-state index is 2.92. The predicted octanol–water partition coefficient (Wildman–Crippen LogP) is 13.5. The Morgan fingerprint density at radius 3 is 1.24 bits per heavy atom. The van der Waals surface area contributed by atoms with Crippen molar-refractivity contribution in [3.05, 3.63) is 48.6 Å². The zero-order valence-electron chi connectivity index (χ0n) is 34.2. The van der Waals surface area contributed by atoms with Gasteiger partial charge in [-0.2, -0.15) is 0 Å². The van der Waals surface area contributed by atoms with Crippen LogP contribution in [0.5, 0.6) is 0 Å². The maximum atomic E-state index is 2.92. The molecule has 0 aliphatic carbocycles. The third-order valence-corrected chi connectivity index (χ3v) is 11.5. The first-order chi connectivity index (χ1) is 24.7. The second-order valence-corrected chi connectivity index (χ2v) is 16.0. The molecule has 0 aromatic heterocycles. The number of piperidine rings is 1. The minimum absolute atomic E-state index is 0.825. The molecule has 0 spiro atoms. The second-order valence-electron chi connectivity index (χ2n) is 16.0. The quantitative estimate of drug-likeness (QED) is 0.0513. The van der Waals surface area contributed by atoms with Gasteiger partial charge in [-0.05, 0) is 110 Å². The lowest BCUT2D eigenvalue weighted by atomic mass is 9.97. The van der Waals surface area contributed by atoms with Crippen molar-refractivity contribution in [2.24, 2.45) is 0 Å². The molecule has 2 aliphatic rings. The molecule has 3 nitrogen and oxygen atoms in total. The Bertz CT molecular complexity index is 779. The highest BCUT2D eigenvalue weighted by Crippen LogP contribution is 2.23. The van der Waals surface area contributed by atoms with Crippen LogP contribution in [0.1, 0.15) is 194 Å². The minimum Gasteiger partial charge on any atom is -0.306 e. The normalized spacial score (nSPS) is 18.2. The van der Waals surface area contributed by atoms with E-state index in [9.17, 15) is 0 Å². The lowest BCUT2D eigenvalue weighted by Crippen LogP contribution is -2.55. The molecule has 0 N–H and O–H groups in total. The van der Waals surface area contributed by atoms with Gasteiger partial charge in [-0.25, -0.2) is 0 Å². The van der Waals surface area contributed by atoms with E-state index >= 15 is 0 Å². The fourth-order valence-corrected chi connectivity index (χ4v) is 8.07. The molecule has 0 amide bonds. The van der Waals surface area contributed by atoms with Crippen LogP contribution in [-0.4, -0.2) is 73.1 Å². The van der Waals surface area contributed by atoms with Crippen LogP contribution in [0.3, 0.4) is 0 Å². The van der Waals surface area contributed by atoms with Gasteiger partial charge in [0, 0.05) is 38.3 Å². The Morgan fingerprint density at radius 1 is 0.440 bits per heavy atom. The van der Waals surface area contributed by atoms with Gasteiger partial charge in [-0.15, -0.1) is 0 Å². The van der Waals surface area contributed by atoms with Crippen LogP contribution in [0.2, 0.25) is 0 Å². The fraction of sp³-hybridized carbons (Fsp3) is 0.830. The molecule has 0 saturated carbocycles. The molecular weight excluding hydrogens is 607 g/mol. The third kappa shape index (κ3) is 24.9. The average Bonchev–Trinajstić information content (AvgIpc) is 3.14. The van der Waals surface area contributed by atoms with Gasteiger partial charge in [-0.1, -0.05) is 152 Å². The first-order valence-corrected chi connectivity index (χ1v) is 22.5. The molecule has 0 atom stereocenters. The van der Waals surface area contributed by atoms with Gasteiger partial charge >= 0.3 is 0 Å². The number of hydrogen-bond donors (Lipinski definition) is 0. The van der Waals surface area contributed by atoms with Crippen LogP contribution < -0.4 is 0 Å². The summed E-state index contributed by atoms with van der Waals surface area (Å²) in [6, 6.07) is 1.67. The van der Waals surface area contributed by atoms with Gasteiger partial charge in [0.15, 0.2) is 0 Å². The minimum atomic E-state index is 0.825. The zero-order chi connectivity index (χ0) is 35.6. The highest BCUT2D eigenvalue weighted by molar-refractivity contribution is 4.93. The molecule has 2 rings (SSSR count). The fourth-order valence-electron chi connectivity index (χ4n) is 8.07. The van der Waals surface area contributed by atoms with E-state index in [0.29, 0.717) is 0 Å². The zero-order valence-corrected chi connectivity index (χ0v) is 34.2. The van der Waals surface area contributed by atoms with E-state index in [4.69, 9.17) is 0 Å². The van der Waals surface area contributed by atoms with Crippen molar-refractivity contribution in [3.63, 3.8) is 0 Å². The van der Waals surface area contributed by atoms with Crippen molar-refractivity contribution < 1.29 is 0 Å². The molecule has 2 saturated heterocycles. The Balaban J connectivity index is 1.57. The Kier molecular flexibility index (Phi) is 30.3. The number of rotatable bonds is 32. The number of unbranched alkanes of at least 4 members (excludes halogenated alkanes) is 18. The molecule has 50 heavy (non-hydrogen) atoms. The first-order valence-electron chi connectivity index (χ1n) is 22.5. The summed E-state index contributed by atoms with van der Waals surface area (Å²) in [5, 5.41) is 0. The van der Waals surface area contributed by atoms with Crippen molar-refractivity contribution in [1.82, 2.24) is 14.7 Å². The van der Waals surface area contributed by atoms with Crippen molar-refractivity contribution in [3.8, 4) is 0 Å². The Hall–Kier alpha value is -1.16. The van der Waals surface area contributed by atoms with E-state index in [1.165, 1.54) is 206 Å². The molecule has 0 unspecified atom stereocenters. The average molecular weight is 694 g/mol. The summed E-state index contributed by atoms with van der Waals surface area (Å²) < 4.78 is 0. The largest absolute Gasteiger partial charge is 0.306 e. The summed E-state index contributed by atoms with van der Waals surface area (Å²) >= 11 is 0. The van der Waals surface area contributed by atoms with Gasteiger partial charge in [0.25, 0.3) is 0 Å². The van der Waals surface area contributed by atoms with Gasteiger partial charge in [0.1, 0.15) is 0 Å². The van der Waals surface area contributed by atoms with Crippen molar-refractivity contribution in [1.29, 1.82) is 0 Å². The summed E-state index contributed by atoms with van der Waals surface area (Å²) in [7, 11) is 2.29. The molecule has 2 heterocycles. The highest BCUT2D eigenvalue weighted by atomic mass is 15.3. The molecule has 2 aliphatic heterocycles. The highest BCUT2D eigenvalue weighted by Gasteiger charge is 2.28. The standard InChI is InChI=1S/C47H87N3/c1-4-6-8-10-12-14-16-18-20-22-24-26-28-30-32-34-36-46(49-42-44-50(45-43-49)47-38-40-48(3)41-39-47)37-35-33-31-29-27-25-23-21-19-17-15-13-11-9-7-5-2/h12-15,18-21,46-47H,4-11,16-17,22-45H2,1-3H3. The summed E-state index contributed by atoms with van der Waals surface area (Å²) in [5.41, 5.74) is 0. The van der Waals surface area contributed by atoms with Gasteiger partial charge in [0.05, 0.1) is 0 Å². The molecular formula is C47H87N3. The smallest absolute Gasteiger partial charge is 0.0121 e. The topological polar surface area (TPSA) is 9.72 Å². The van der Waals surface area contributed by atoms with E-state index in [0.717, 1.165) is 24.9 Å². The number of hydrogen-bond acceptors (Lipinski definition) is 3. The molecule has 0 aromatic rings. The maximum Gasteiger partial charge on any atom is 0.0121 e. The van der Waals surface area contributed by atoms with Crippen LogP contribution in [-0.2, 0) is 0 Å². The monoisotopic (exact) mass is 694 g/mol. The van der Waals surface area contributed by atoms with Crippen LogP contribution in [0.4, 0.5) is 0 Å². The van der Waals surface area contributed by atoms with Crippen LogP contribution in [0, 0.1) is 0 Å². The molecule has 0 bridgehead atoms. The van der Waals surface area contributed by atoms with E-state index in [2.05, 4.69) is 84.2 Å². The van der Waals surface area contributed by atoms with E-state index < -0.39 is 0 Å². The van der Waals surface area contributed by atoms with Gasteiger partial charge < -0.3 is 4.90 Å². The summed E-state index contributed by atoms with van der Waals surface area (Å²) in [6.07, 6.45) is 57.1. The van der Waals surface area contributed by atoms with E-state index in [-0.39, 0.29) is 0 Å². The van der Waals surface area contributed by atoms with Crippen molar-refractivity contribution >= 4 is 0 Å². The van der Waals surface area contributed by atoms with Crippen molar-refractivity contribution in [2.75, 3.05) is 46.3 Å². The second kappa shape index (κ2) is 33.7. The van der Waals surface area contributed by atoms with Crippen LogP contribution >= 0.6 is 0 Å². The molecule has 0 radical (unpaired) electrons. The number of likely N-dealkylation sites (tertiary alicyclic amines) is 1. The molecule has 2 fully saturated rings. The predicted molar refractivity (Wildman–Crippen MR) is 225 cm³/mol. The summed E-state index contributed by atoms with van der Waals surface area (Å²) in [6.45, 7) is 12.4. The first kappa shape index (κ1) is 45.0. The summed E-state index contributed by atoms with van der Waals surface area (Å²) in [5.74, 6) is 0. The lowest BCUT2D eigenvalue weighted by molar-refractivity contribution is 0.0413. The Morgan fingerprint density at radius 2 is 0.820 bits per heavy atom. The third-order valence-electron chi connectivity index (χ3n) is 11.5. The van der Waals surface area contributed by atoms with Crippen LogP contribution in [0.15, 0.2) is 48.6 Å².